The van der Waals surface area contributed by atoms with Crippen molar-refractivity contribution in [2.75, 3.05) is 7.11 Å². The van der Waals surface area contributed by atoms with Crippen LogP contribution >= 0.6 is 0 Å². The van der Waals surface area contributed by atoms with Crippen molar-refractivity contribution >= 4 is 5.97 Å². The van der Waals surface area contributed by atoms with E-state index in [1.807, 2.05) is 6.92 Å². The zero-order valence-corrected chi connectivity index (χ0v) is 12.4. The molecular weight excluding hydrogens is 240 g/mol. The Morgan fingerprint density at radius 3 is 2.42 bits per heavy atom. The van der Waals surface area contributed by atoms with Gasteiger partial charge in [0, 0.05) is 7.11 Å². The van der Waals surface area contributed by atoms with Crippen molar-refractivity contribution in [2.45, 2.75) is 76.9 Å². The normalized spacial score (nSPS) is 30.2. The number of hydrogen-bond acceptors (Lipinski definition) is 3. The quantitative estimate of drug-likeness (QED) is 0.713. The molecule has 19 heavy (non-hydrogen) atoms. The van der Waals surface area contributed by atoms with E-state index in [4.69, 9.17) is 9.47 Å². The third kappa shape index (κ3) is 4.20. The molecule has 2 fully saturated rings. The first-order chi connectivity index (χ1) is 9.20. The van der Waals surface area contributed by atoms with Gasteiger partial charge in [0.15, 0.2) is 0 Å². The van der Waals surface area contributed by atoms with E-state index in [1.54, 1.807) is 7.11 Å². The lowest BCUT2D eigenvalue weighted by molar-refractivity contribution is -0.159. The predicted octanol–water partition coefficient (Wildman–Crippen LogP) is 3.70. The lowest BCUT2D eigenvalue weighted by atomic mass is 9.83. The molecule has 0 aromatic rings. The Hall–Kier alpha value is -0.570. The van der Waals surface area contributed by atoms with Crippen molar-refractivity contribution in [1.82, 2.24) is 0 Å². The van der Waals surface area contributed by atoms with E-state index in [-0.39, 0.29) is 24.1 Å². The number of esters is 1. The van der Waals surface area contributed by atoms with Crippen LogP contribution in [0.15, 0.2) is 0 Å². The predicted molar refractivity (Wildman–Crippen MR) is 74.9 cm³/mol. The minimum atomic E-state index is -0.0143. The zero-order chi connectivity index (χ0) is 13.7. The molecule has 0 saturated heterocycles. The second kappa shape index (κ2) is 7.28. The van der Waals surface area contributed by atoms with Crippen LogP contribution in [0.2, 0.25) is 0 Å². The first kappa shape index (κ1) is 14.8. The summed E-state index contributed by atoms with van der Waals surface area (Å²) in [6.45, 7) is 2.02. The summed E-state index contributed by atoms with van der Waals surface area (Å²) < 4.78 is 11.0. The Bertz CT molecular complexity index is 284. The van der Waals surface area contributed by atoms with E-state index in [1.165, 1.54) is 32.1 Å². The minimum absolute atomic E-state index is 0.00805. The van der Waals surface area contributed by atoms with Gasteiger partial charge in [0.2, 0.25) is 0 Å². The smallest absolute Gasteiger partial charge is 0.309 e. The molecule has 2 saturated carbocycles. The molecule has 3 atom stereocenters. The summed E-state index contributed by atoms with van der Waals surface area (Å²) in [5.41, 5.74) is 0. The molecular formula is C16H28O3. The molecule has 2 rings (SSSR count). The monoisotopic (exact) mass is 268 g/mol. The number of ether oxygens (including phenoxy) is 2. The van der Waals surface area contributed by atoms with Crippen LogP contribution < -0.4 is 0 Å². The third-order valence-electron chi connectivity index (χ3n) is 4.78. The molecule has 0 unspecified atom stereocenters. The van der Waals surface area contributed by atoms with Crippen LogP contribution in [0.25, 0.3) is 0 Å². The topological polar surface area (TPSA) is 35.5 Å². The van der Waals surface area contributed by atoms with Gasteiger partial charge >= 0.3 is 5.97 Å². The standard InChI is InChI=1S/C16H28O3/c1-12(11-13-7-4-3-5-8-13)16(17)19-15-10-6-9-14(15)18-2/h12-15H,3-11H2,1-2H3/t12-,14-,15+/m1/s1. The molecule has 2 aliphatic rings. The fourth-order valence-corrected chi connectivity index (χ4v) is 3.58. The first-order valence-electron chi connectivity index (χ1n) is 7.94. The third-order valence-corrected chi connectivity index (χ3v) is 4.78. The highest BCUT2D eigenvalue weighted by atomic mass is 16.6. The molecule has 0 spiro atoms. The van der Waals surface area contributed by atoms with Gasteiger partial charge in [-0.25, -0.2) is 0 Å². The maximum atomic E-state index is 12.2. The molecule has 0 bridgehead atoms. The Morgan fingerprint density at radius 1 is 1.05 bits per heavy atom. The van der Waals surface area contributed by atoms with Crippen LogP contribution in [0, 0.1) is 11.8 Å². The Balaban J connectivity index is 1.75. The van der Waals surface area contributed by atoms with E-state index < -0.39 is 0 Å². The Kier molecular flexibility index (Phi) is 5.68. The van der Waals surface area contributed by atoms with Crippen LogP contribution in [0.3, 0.4) is 0 Å². The van der Waals surface area contributed by atoms with Crippen LogP contribution in [0.5, 0.6) is 0 Å². The molecule has 3 heteroatoms. The molecule has 0 radical (unpaired) electrons. The summed E-state index contributed by atoms with van der Waals surface area (Å²) in [6, 6.07) is 0. The maximum absolute atomic E-state index is 12.2. The summed E-state index contributed by atoms with van der Waals surface area (Å²) in [5.74, 6) is 0.763. The summed E-state index contributed by atoms with van der Waals surface area (Å²) >= 11 is 0. The van der Waals surface area contributed by atoms with E-state index >= 15 is 0 Å². The van der Waals surface area contributed by atoms with Crippen LogP contribution in [0.4, 0.5) is 0 Å². The van der Waals surface area contributed by atoms with Gasteiger partial charge in [0.1, 0.15) is 6.10 Å². The number of hydrogen-bond donors (Lipinski definition) is 0. The van der Waals surface area contributed by atoms with E-state index in [0.29, 0.717) is 0 Å². The Morgan fingerprint density at radius 2 is 1.74 bits per heavy atom. The van der Waals surface area contributed by atoms with Crippen LogP contribution in [0.1, 0.15) is 64.7 Å². The van der Waals surface area contributed by atoms with Crippen molar-refractivity contribution in [2.24, 2.45) is 11.8 Å². The number of methoxy groups -OCH3 is 1. The zero-order valence-electron chi connectivity index (χ0n) is 12.4. The van der Waals surface area contributed by atoms with Crippen LogP contribution in [-0.2, 0) is 14.3 Å². The maximum Gasteiger partial charge on any atom is 0.309 e. The molecule has 0 aromatic heterocycles. The summed E-state index contributed by atoms with van der Waals surface area (Å²) in [6.07, 6.45) is 10.8. The molecule has 110 valence electrons. The molecule has 3 nitrogen and oxygen atoms in total. The number of carbonyl (C=O) groups is 1. The van der Waals surface area contributed by atoms with E-state index in [9.17, 15) is 4.79 Å². The second-order valence-electron chi connectivity index (χ2n) is 6.32. The van der Waals surface area contributed by atoms with E-state index in [2.05, 4.69) is 0 Å². The highest BCUT2D eigenvalue weighted by Gasteiger charge is 2.32. The molecule has 0 N–H and O–H groups in total. The van der Waals surface area contributed by atoms with Gasteiger partial charge in [-0.1, -0.05) is 39.0 Å². The molecule has 0 aromatic carbocycles. The number of rotatable bonds is 5. The van der Waals surface area contributed by atoms with Crippen molar-refractivity contribution in [3.63, 3.8) is 0 Å². The Labute approximate surface area is 117 Å². The average molecular weight is 268 g/mol. The fourth-order valence-electron chi connectivity index (χ4n) is 3.58. The largest absolute Gasteiger partial charge is 0.459 e. The fraction of sp³-hybridized carbons (Fsp3) is 0.938. The van der Waals surface area contributed by atoms with Gasteiger partial charge in [-0.2, -0.15) is 0 Å². The van der Waals surface area contributed by atoms with Gasteiger partial charge in [-0.3, -0.25) is 4.79 Å². The molecule has 0 amide bonds. The average Bonchev–Trinajstić information content (AvgIpc) is 2.87. The van der Waals surface area contributed by atoms with Gasteiger partial charge in [-0.15, -0.1) is 0 Å². The van der Waals surface area contributed by atoms with Gasteiger partial charge < -0.3 is 9.47 Å². The summed E-state index contributed by atoms with van der Waals surface area (Å²) in [5, 5.41) is 0. The van der Waals surface area contributed by atoms with Crippen molar-refractivity contribution in [1.29, 1.82) is 0 Å². The molecule has 2 aliphatic carbocycles. The van der Waals surface area contributed by atoms with E-state index in [0.717, 1.165) is 31.6 Å². The molecule has 0 heterocycles. The first-order valence-corrected chi connectivity index (χ1v) is 7.94. The molecule has 0 aliphatic heterocycles. The second-order valence-corrected chi connectivity index (χ2v) is 6.32. The highest BCUT2D eigenvalue weighted by molar-refractivity contribution is 5.72. The lowest BCUT2D eigenvalue weighted by Crippen LogP contribution is -2.30. The van der Waals surface area contributed by atoms with Gasteiger partial charge in [0.25, 0.3) is 0 Å². The van der Waals surface area contributed by atoms with Gasteiger partial charge in [-0.05, 0) is 31.6 Å². The highest BCUT2D eigenvalue weighted by Crippen LogP contribution is 2.30. The van der Waals surface area contributed by atoms with Crippen molar-refractivity contribution in [3.05, 3.63) is 0 Å². The van der Waals surface area contributed by atoms with Gasteiger partial charge in [0.05, 0.1) is 12.0 Å². The van der Waals surface area contributed by atoms with Crippen LogP contribution in [-0.4, -0.2) is 25.3 Å². The number of carbonyl (C=O) groups excluding carboxylic acids is 1. The van der Waals surface area contributed by atoms with Crippen molar-refractivity contribution in [3.8, 4) is 0 Å². The SMILES string of the molecule is CO[C@@H]1CCC[C@@H]1OC(=O)[C@H](C)CC1CCCCC1. The summed E-state index contributed by atoms with van der Waals surface area (Å²) in [4.78, 5) is 12.2. The lowest BCUT2D eigenvalue weighted by Gasteiger charge is -2.25. The minimum Gasteiger partial charge on any atom is -0.459 e. The van der Waals surface area contributed by atoms with Crippen molar-refractivity contribution < 1.29 is 14.3 Å². The summed E-state index contributed by atoms with van der Waals surface area (Å²) in [7, 11) is 1.71.